The molecule has 1 rings (SSSR count). The van der Waals surface area contributed by atoms with Gasteiger partial charge in [-0.2, -0.15) is 13.2 Å². The van der Waals surface area contributed by atoms with Crippen LogP contribution in [0.2, 0.25) is 5.02 Å². The van der Waals surface area contributed by atoms with Crippen molar-refractivity contribution in [2.45, 2.75) is 39.0 Å². The van der Waals surface area contributed by atoms with E-state index in [0.29, 0.717) is 5.69 Å². The molecule has 0 saturated carbocycles. The first-order valence-corrected chi connectivity index (χ1v) is 6.38. The average Bonchev–Trinajstić information content (AvgIpc) is 2.24. The molecule has 2 nitrogen and oxygen atoms in total. The summed E-state index contributed by atoms with van der Waals surface area (Å²) in [7, 11) is 0. The lowest BCUT2D eigenvalue weighted by molar-refractivity contribution is -0.120. The van der Waals surface area contributed by atoms with Gasteiger partial charge in [0, 0.05) is 12.1 Å². The van der Waals surface area contributed by atoms with Crippen LogP contribution in [0.5, 0.6) is 0 Å². The molecule has 2 N–H and O–H groups in total. The van der Waals surface area contributed by atoms with Crippen LogP contribution in [0.1, 0.15) is 32.4 Å². The highest BCUT2D eigenvalue weighted by molar-refractivity contribution is 6.33. The second kappa shape index (κ2) is 6.01. The lowest BCUT2D eigenvalue weighted by Gasteiger charge is -2.31. The summed E-state index contributed by atoms with van der Waals surface area (Å²) < 4.78 is 37.8. The second-order valence-electron chi connectivity index (χ2n) is 4.84. The van der Waals surface area contributed by atoms with Crippen LogP contribution < -0.4 is 10.6 Å². The summed E-state index contributed by atoms with van der Waals surface area (Å²) in [5, 5.41) is 0.285. The Morgan fingerprint density at radius 2 is 1.84 bits per heavy atom. The van der Waals surface area contributed by atoms with Gasteiger partial charge in [-0.1, -0.05) is 17.7 Å². The minimum Gasteiger partial charge on any atom is -0.359 e. The molecule has 0 amide bonds. The highest BCUT2D eigenvalue weighted by atomic mass is 35.5. The molecule has 0 fully saturated rings. The van der Waals surface area contributed by atoms with E-state index in [4.69, 9.17) is 17.3 Å². The van der Waals surface area contributed by atoms with Crippen molar-refractivity contribution in [2.24, 2.45) is 5.73 Å². The van der Waals surface area contributed by atoms with Gasteiger partial charge in [-0.25, -0.2) is 0 Å². The minimum absolute atomic E-state index is 0.207. The van der Waals surface area contributed by atoms with E-state index in [0.717, 1.165) is 5.56 Å². The van der Waals surface area contributed by atoms with Crippen LogP contribution in [-0.4, -0.2) is 18.8 Å². The molecule has 19 heavy (non-hydrogen) atoms. The Morgan fingerprint density at radius 1 is 1.26 bits per heavy atom. The number of anilines is 1. The van der Waals surface area contributed by atoms with Crippen molar-refractivity contribution < 1.29 is 13.2 Å². The molecule has 1 unspecified atom stereocenters. The van der Waals surface area contributed by atoms with Crippen molar-refractivity contribution in [3.8, 4) is 0 Å². The van der Waals surface area contributed by atoms with Crippen LogP contribution in [0.15, 0.2) is 18.2 Å². The maximum Gasteiger partial charge on any atom is 0.405 e. The van der Waals surface area contributed by atoms with Gasteiger partial charge < -0.3 is 10.6 Å². The van der Waals surface area contributed by atoms with Crippen molar-refractivity contribution in [1.82, 2.24) is 0 Å². The molecule has 108 valence electrons. The lowest BCUT2D eigenvalue weighted by atomic mass is 10.1. The number of nitrogens with two attached hydrogens (primary N) is 1. The van der Waals surface area contributed by atoms with Gasteiger partial charge in [0.25, 0.3) is 0 Å². The first kappa shape index (κ1) is 16.1. The van der Waals surface area contributed by atoms with E-state index in [-0.39, 0.29) is 17.1 Å². The van der Waals surface area contributed by atoms with E-state index >= 15 is 0 Å². The molecule has 0 saturated heterocycles. The summed E-state index contributed by atoms with van der Waals surface area (Å²) in [4.78, 5) is 1.23. The third kappa shape index (κ3) is 4.58. The Balaban J connectivity index is 3.10. The summed E-state index contributed by atoms with van der Waals surface area (Å²) in [5.41, 5.74) is 6.89. The summed E-state index contributed by atoms with van der Waals surface area (Å²) in [5.74, 6) is 0. The summed E-state index contributed by atoms with van der Waals surface area (Å²) in [6.45, 7) is 4.16. The number of benzene rings is 1. The molecule has 0 aliphatic rings. The van der Waals surface area contributed by atoms with Crippen molar-refractivity contribution in [3.63, 3.8) is 0 Å². The van der Waals surface area contributed by atoms with E-state index in [2.05, 4.69) is 0 Å². The minimum atomic E-state index is -4.27. The van der Waals surface area contributed by atoms with Gasteiger partial charge in [0.15, 0.2) is 0 Å². The Bertz CT molecular complexity index is 430. The van der Waals surface area contributed by atoms with Gasteiger partial charge in [-0.15, -0.1) is 0 Å². The summed E-state index contributed by atoms with van der Waals surface area (Å²) >= 11 is 6.08. The fraction of sp³-hybridized carbons (Fsp3) is 0.538. The van der Waals surface area contributed by atoms with Crippen molar-refractivity contribution in [1.29, 1.82) is 0 Å². The van der Waals surface area contributed by atoms with Crippen LogP contribution in [0.3, 0.4) is 0 Å². The zero-order chi connectivity index (χ0) is 14.8. The number of halogens is 4. The highest BCUT2D eigenvalue weighted by Gasteiger charge is 2.32. The zero-order valence-electron chi connectivity index (χ0n) is 11.1. The van der Waals surface area contributed by atoms with Gasteiger partial charge in [0.1, 0.15) is 6.54 Å². The smallest absolute Gasteiger partial charge is 0.359 e. The molecule has 1 atom stereocenters. The Labute approximate surface area is 116 Å². The molecule has 0 heterocycles. The Hall–Kier alpha value is -0.940. The number of alkyl halides is 3. The molecular weight excluding hydrogens is 277 g/mol. The molecule has 0 aromatic heterocycles. The average molecular weight is 295 g/mol. The number of hydrogen-bond donors (Lipinski definition) is 1. The van der Waals surface area contributed by atoms with E-state index in [1.807, 2.05) is 0 Å². The van der Waals surface area contributed by atoms with Crippen molar-refractivity contribution in [2.75, 3.05) is 11.4 Å². The van der Waals surface area contributed by atoms with Gasteiger partial charge in [0.2, 0.25) is 0 Å². The number of nitrogens with zero attached hydrogens (tertiary/aromatic N) is 1. The topological polar surface area (TPSA) is 29.3 Å². The monoisotopic (exact) mass is 294 g/mol. The van der Waals surface area contributed by atoms with Gasteiger partial charge >= 0.3 is 6.18 Å². The molecule has 6 heteroatoms. The Morgan fingerprint density at radius 3 is 2.21 bits per heavy atom. The molecular formula is C13H18ClF3N2. The molecule has 0 aliphatic heterocycles. The predicted octanol–water partition coefficient (Wildman–Crippen LogP) is 4.14. The standard InChI is InChI=1S/C13H18ClF3N2/c1-8(2)19(7-13(15,16)17)12-5-4-10(9(3)18)6-11(12)14/h4-6,8-9H,7,18H2,1-3H3. The summed E-state index contributed by atoms with van der Waals surface area (Å²) in [6, 6.07) is 4.40. The normalized spacial score (nSPS) is 13.7. The van der Waals surface area contributed by atoms with Crippen molar-refractivity contribution in [3.05, 3.63) is 28.8 Å². The lowest BCUT2D eigenvalue weighted by Crippen LogP contribution is -2.39. The van der Waals surface area contributed by atoms with E-state index in [9.17, 15) is 13.2 Å². The molecule has 1 aromatic carbocycles. The van der Waals surface area contributed by atoms with Gasteiger partial charge in [-0.05, 0) is 38.5 Å². The predicted molar refractivity (Wildman–Crippen MR) is 72.6 cm³/mol. The SMILES string of the molecule is CC(N)c1ccc(N(CC(F)(F)F)C(C)C)c(Cl)c1. The molecule has 0 aliphatic carbocycles. The van der Waals surface area contributed by atoms with Crippen LogP contribution in [0.25, 0.3) is 0 Å². The van der Waals surface area contributed by atoms with Crippen molar-refractivity contribution >= 4 is 17.3 Å². The quantitative estimate of drug-likeness (QED) is 0.904. The Kier molecular flexibility index (Phi) is 5.10. The van der Waals surface area contributed by atoms with E-state index in [1.54, 1.807) is 39.0 Å². The van der Waals surface area contributed by atoms with Crippen LogP contribution in [0.4, 0.5) is 18.9 Å². The largest absolute Gasteiger partial charge is 0.405 e. The first-order valence-electron chi connectivity index (χ1n) is 6.00. The first-order chi connectivity index (χ1) is 8.61. The third-order valence-electron chi connectivity index (χ3n) is 2.78. The molecule has 0 radical (unpaired) electrons. The highest BCUT2D eigenvalue weighted by Crippen LogP contribution is 2.32. The fourth-order valence-electron chi connectivity index (χ4n) is 1.78. The van der Waals surface area contributed by atoms with E-state index in [1.165, 1.54) is 4.90 Å². The van der Waals surface area contributed by atoms with Gasteiger partial charge in [-0.3, -0.25) is 0 Å². The summed E-state index contributed by atoms with van der Waals surface area (Å²) in [6.07, 6.45) is -4.27. The maximum absolute atomic E-state index is 12.6. The van der Waals surface area contributed by atoms with Crippen LogP contribution >= 0.6 is 11.6 Å². The zero-order valence-corrected chi connectivity index (χ0v) is 11.9. The number of hydrogen-bond acceptors (Lipinski definition) is 2. The molecule has 1 aromatic rings. The van der Waals surface area contributed by atoms with Crippen LogP contribution in [0, 0.1) is 0 Å². The molecule has 0 spiro atoms. The second-order valence-corrected chi connectivity index (χ2v) is 5.24. The number of rotatable bonds is 4. The molecule has 0 bridgehead atoms. The third-order valence-corrected chi connectivity index (χ3v) is 3.08. The van der Waals surface area contributed by atoms with Crippen LogP contribution in [-0.2, 0) is 0 Å². The van der Waals surface area contributed by atoms with E-state index < -0.39 is 12.7 Å². The maximum atomic E-state index is 12.6. The van der Waals surface area contributed by atoms with Gasteiger partial charge in [0.05, 0.1) is 10.7 Å². The fourth-order valence-corrected chi connectivity index (χ4v) is 2.08.